The van der Waals surface area contributed by atoms with Crippen LogP contribution >= 0.6 is 0 Å². The van der Waals surface area contributed by atoms with Crippen molar-refractivity contribution in [2.24, 2.45) is 10.7 Å². The number of unbranched alkanes of at least 4 members (excludes halogenated alkanes) is 3. The Hall–Kier alpha value is -1.97. The fourth-order valence-electron chi connectivity index (χ4n) is 1.77. The molecule has 1 aromatic carbocycles. The lowest BCUT2D eigenvalue weighted by Crippen LogP contribution is -2.33. The number of aryl methyl sites for hydroxylation is 1. The van der Waals surface area contributed by atoms with Gasteiger partial charge in [-0.25, -0.2) is 0 Å². The molecule has 0 heterocycles. The summed E-state index contributed by atoms with van der Waals surface area (Å²) in [6.07, 6.45) is 4.77. The Morgan fingerprint density at radius 3 is 2.55 bits per heavy atom. The average molecular weight is 274 g/mol. The van der Waals surface area contributed by atoms with E-state index < -0.39 is 0 Å². The molecule has 4 nitrogen and oxygen atoms in total. The third-order valence-electron chi connectivity index (χ3n) is 2.92. The second-order valence-electron chi connectivity index (χ2n) is 4.92. The van der Waals surface area contributed by atoms with E-state index in [1.807, 2.05) is 24.3 Å². The van der Waals surface area contributed by atoms with Gasteiger partial charge in [0.2, 0.25) is 0 Å². The maximum atomic E-state index is 5.81. The predicted molar refractivity (Wildman–Crippen MR) is 87.7 cm³/mol. The summed E-state index contributed by atoms with van der Waals surface area (Å²) in [6, 6.07) is 8.09. The van der Waals surface area contributed by atoms with Gasteiger partial charge in [-0.05, 0) is 25.5 Å². The van der Waals surface area contributed by atoms with Crippen LogP contribution in [0, 0.1) is 6.92 Å². The van der Waals surface area contributed by atoms with E-state index in [1.165, 1.54) is 24.8 Å². The number of nitrogens with two attached hydrogens (primary N) is 1. The van der Waals surface area contributed by atoms with Crippen molar-refractivity contribution in [1.82, 2.24) is 5.32 Å². The number of nitrogens with zero attached hydrogens (tertiary/aromatic N) is 1. The number of guanidine groups is 1. The topological polar surface area (TPSA) is 62.4 Å². The first-order valence-corrected chi connectivity index (χ1v) is 7.21. The molecule has 0 amide bonds. The van der Waals surface area contributed by atoms with Crippen molar-refractivity contribution < 1.29 is 0 Å². The molecule has 1 aromatic rings. The zero-order valence-corrected chi connectivity index (χ0v) is 12.6. The summed E-state index contributed by atoms with van der Waals surface area (Å²) in [6.45, 7) is 8.90. The van der Waals surface area contributed by atoms with Crippen molar-refractivity contribution in [3.8, 4) is 0 Å². The summed E-state index contributed by atoms with van der Waals surface area (Å²) in [7, 11) is 0. The smallest absolute Gasteiger partial charge is 0.194 e. The number of hydrogen-bond acceptors (Lipinski definition) is 2. The normalized spacial score (nSPS) is 11.2. The summed E-state index contributed by atoms with van der Waals surface area (Å²) < 4.78 is 0. The molecule has 1 rings (SSSR count). The molecule has 0 atom stereocenters. The Kier molecular flexibility index (Phi) is 7.25. The first-order valence-electron chi connectivity index (χ1n) is 7.21. The van der Waals surface area contributed by atoms with Crippen LogP contribution < -0.4 is 16.4 Å². The molecule has 0 bridgehead atoms. The Labute approximate surface area is 122 Å². The van der Waals surface area contributed by atoms with Crippen molar-refractivity contribution >= 4 is 11.6 Å². The molecule has 20 heavy (non-hydrogen) atoms. The molecule has 110 valence electrons. The molecule has 0 saturated carbocycles. The van der Waals surface area contributed by atoms with Crippen LogP contribution in [0.4, 0.5) is 5.69 Å². The van der Waals surface area contributed by atoms with Gasteiger partial charge >= 0.3 is 0 Å². The fraction of sp³-hybridized carbons (Fsp3) is 0.438. The summed E-state index contributed by atoms with van der Waals surface area (Å²) in [5.74, 6) is 1.04. The molecule has 0 saturated heterocycles. The molecule has 0 aliphatic rings. The maximum Gasteiger partial charge on any atom is 0.194 e. The summed E-state index contributed by atoms with van der Waals surface area (Å²) in [5, 5.41) is 6.10. The van der Waals surface area contributed by atoms with Gasteiger partial charge < -0.3 is 16.4 Å². The van der Waals surface area contributed by atoms with Gasteiger partial charge in [0.25, 0.3) is 0 Å². The lowest BCUT2D eigenvalue weighted by Gasteiger charge is -2.11. The van der Waals surface area contributed by atoms with Crippen LogP contribution in [0.15, 0.2) is 41.7 Å². The number of benzene rings is 1. The Balaban J connectivity index is 2.30. The minimum absolute atomic E-state index is 0.408. The third-order valence-corrected chi connectivity index (χ3v) is 2.92. The molecule has 0 aromatic heterocycles. The van der Waals surface area contributed by atoms with E-state index in [0.717, 1.165) is 18.7 Å². The van der Waals surface area contributed by atoms with Crippen molar-refractivity contribution in [2.75, 3.05) is 11.9 Å². The first-order chi connectivity index (χ1) is 9.61. The highest BCUT2D eigenvalue weighted by atomic mass is 15.2. The van der Waals surface area contributed by atoms with E-state index in [9.17, 15) is 0 Å². The largest absolute Gasteiger partial charge is 0.370 e. The van der Waals surface area contributed by atoms with Crippen molar-refractivity contribution in [3.63, 3.8) is 0 Å². The molecule has 0 fully saturated rings. The van der Waals surface area contributed by atoms with Gasteiger partial charge in [0.05, 0.1) is 0 Å². The van der Waals surface area contributed by atoms with Gasteiger partial charge in [0.1, 0.15) is 5.82 Å². The van der Waals surface area contributed by atoms with E-state index in [1.54, 1.807) is 0 Å². The van der Waals surface area contributed by atoms with E-state index in [0.29, 0.717) is 11.8 Å². The number of hydrogen-bond donors (Lipinski definition) is 3. The van der Waals surface area contributed by atoms with E-state index >= 15 is 0 Å². The van der Waals surface area contributed by atoms with Gasteiger partial charge in [0, 0.05) is 12.2 Å². The highest BCUT2D eigenvalue weighted by Crippen LogP contribution is 2.09. The minimum Gasteiger partial charge on any atom is -0.370 e. The van der Waals surface area contributed by atoms with E-state index in [-0.39, 0.29) is 0 Å². The van der Waals surface area contributed by atoms with Gasteiger partial charge in [-0.1, -0.05) is 50.5 Å². The highest BCUT2D eigenvalue weighted by molar-refractivity contribution is 5.80. The monoisotopic (exact) mass is 274 g/mol. The van der Waals surface area contributed by atoms with E-state index in [4.69, 9.17) is 5.73 Å². The maximum absolute atomic E-state index is 5.81. The second kappa shape index (κ2) is 9.02. The Morgan fingerprint density at radius 2 is 1.90 bits per heavy atom. The zero-order chi connectivity index (χ0) is 14.8. The fourth-order valence-corrected chi connectivity index (χ4v) is 1.77. The quantitative estimate of drug-likeness (QED) is 0.387. The number of anilines is 1. The molecule has 0 radical (unpaired) electrons. The van der Waals surface area contributed by atoms with Crippen LogP contribution in [-0.2, 0) is 0 Å². The molecule has 0 spiro atoms. The lowest BCUT2D eigenvalue weighted by atomic mass is 10.2. The number of rotatable bonds is 8. The van der Waals surface area contributed by atoms with Crippen LogP contribution in [0.2, 0.25) is 0 Å². The van der Waals surface area contributed by atoms with E-state index in [2.05, 4.69) is 36.1 Å². The standard InChI is InChI=1S/C16H26N4/c1-4-5-6-7-12-18-16(17)20-14(3)19-15-10-8-13(2)9-11-15/h8-11,19H,3-7,12H2,1-2H3,(H3,17,18,20). The highest BCUT2D eigenvalue weighted by Gasteiger charge is 1.97. The Bertz CT molecular complexity index is 434. The van der Waals surface area contributed by atoms with Crippen LogP contribution in [0.1, 0.15) is 38.2 Å². The van der Waals surface area contributed by atoms with Crippen LogP contribution in [0.25, 0.3) is 0 Å². The molecule has 4 N–H and O–H groups in total. The summed E-state index contributed by atoms with van der Waals surface area (Å²) >= 11 is 0. The number of nitrogens with one attached hydrogen (secondary N) is 2. The summed E-state index contributed by atoms with van der Waals surface area (Å²) in [5.41, 5.74) is 8.01. The SMILES string of the molecule is C=C(NC(N)=NCCCCCC)Nc1ccc(C)cc1. The van der Waals surface area contributed by atoms with Crippen molar-refractivity contribution in [2.45, 2.75) is 39.5 Å². The van der Waals surface area contributed by atoms with Crippen LogP contribution in [0.3, 0.4) is 0 Å². The molecule has 4 heteroatoms. The van der Waals surface area contributed by atoms with Gasteiger partial charge in [-0.15, -0.1) is 0 Å². The second-order valence-corrected chi connectivity index (χ2v) is 4.92. The molecule has 0 aliphatic heterocycles. The van der Waals surface area contributed by atoms with Gasteiger partial charge in [-0.3, -0.25) is 4.99 Å². The van der Waals surface area contributed by atoms with Gasteiger partial charge in [-0.2, -0.15) is 0 Å². The molecule has 0 aliphatic carbocycles. The van der Waals surface area contributed by atoms with Crippen LogP contribution in [-0.4, -0.2) is 12.5 Å². The summed E-state index contributed by atoms with van der Waals surface area (Å²) in [4.78, 5) is 4.27. The molecule has 0 unspecified atom stereocenters. The average Bonchev–Trinajstić information content (AvgIpc) is 2.41. The Morgan fingerprint density at radius 1 is 1.20 bits per heavy atom. The molecular weight excluding hydrogens is 248 g/mol. The third kappa shape index (κ3) is 6.83. The molecular formula is C16H26N4. The number of aliphatic imine (C=N–C) groups is 1. The van der Waals surface area contributed by atoms with Crippen LogP contribution in [0.5, 0.6) is 0 Å². The van der Waals surface area contributed by atoms with Gasteiger partial charge in [0.15, 0.2) is 5.96 Å². The lowest BCUT2D eigenvalue weighted by molar-refractivity contribution is 0.674. The first kappa shape index (κ1) is 16.1. The minimum atomic E-state index is 0.408. The van der Waals surface area contributed by atoms with Crippen molar-refractivity contribution in [3.05, 3.63) is 42.2 Å². The van der Waals surface area contributed by atoms with Crippen molar-refractivity contribution in [1.29, 1.82) is 0 Å². The zero-order valence-electron chi connectivity index (χ0n) is 12.6. The predicted octanol–water partition coefficient (Wildman–Crippen LogP) is 3.36.